The molecule has 0 spiro atoms. The predicted molar refractivity (Wildman–Crippen MR) is 59.9 cm³/mol. The average molecular weight is 241 g/mol. The first kappa shape index (κ1) is 14.9. The number of ether oxygens (including phenoxy) is 2. The fourth-order valence-electron chi connectivity index (χ4n) is 0.719. The summed E-state index contributed by atoms with van der Waals surface area (Å²) in [5.74, 6) is -1.62. The van der Waals surface area contributed by atoms with Crippen LogP contribution in [0.4, 0.5) is 0 Å². The first-order chi connectivity index (χ1) is 7.97. The van der Waals surface area contributed by atoms with Crippen LogP contribution in [0.5, 0.6) is 0 Å². The molecule has 0 aliphatic carbocycles. The zero-order valence-electron chi connectivity index (χ0n) is 9.82. The Kier molecular flexibility index (Phi) is 7.09. The molecule has 0 atom stereocenters. The summed E-state index contributed by atoms with van der Waals surface area (Å²) in [4.78, 5) is 32.6. The van der Waals surface area contributed by atoms with Crippen molar-refractivity contribution < 1.29 is 23.9 Å². The van der Waals surface area contributed by atoms with Gasteiger partial charge >= 0.3 is 11.9 Å². The second-order valence-corrected chi connectivity index (χ2v) is 3.06. The summed E-state index contributed by atoms with van der Waals surface area (Å²) in [6.07, 6.45) is 1.90. The molecule has 0 saturated heterocycles. The van der Waals surface area contributed by atoms with Crippen molar-refractivity contribution in [2.45, 2.75) is 6.92 Å². The monoisotopic (exact) mass is 241 g/mol. The number of hydrogen-bond donors (Lipinski definition) is 1. The van der Waals surface area contributed by atoms with E-state index in [2.05, 4.69) is 21.4 Å². The van der Waals surface area contributed by atoms with Crippen LogP contribution in [0.1, 0.15) is 6.92 Å². The van der Waals surface area contributed by atoms with Gasteiger partial charge in [0.05, 0.1) is 13.7 Å². The molecular weight excluding hydrogens is 226 g/mol. The molecular formula is C11H15NO5. The first-order valence-electron chi connectivity index (χ1n) is 4.84. The molecule has 0 aliphatic heterocycles. The van der Waals surface area contributed by atoms with E-state index in [-0.39, 0.29) is 19.1 Å². The second-order valence-electron chi connectivity index (χ2n) is 3.06. The van der Waals surface area contributed by atoms with E-state index in [9.17, 15) is 14.4 Å². The second kappa shape index (κ2) is 8.09. The lowest BCUT2D eigenvalue weighted by Gasteiger charge is -2.04. The Morgan fingerprint density at radius 2 is 1.82 bits per heavy atom. The fraction of sp³-hybridized carbons (Fsp3) is 0.364. The SMILES string of the molecule is C=C(C)C(=O)NCCOC(=O)/C=C/C(=O)OC. The summed E-state index contributed by atoms with van der Waals surface area (Å²) in [6.45, 7) is 5.22. The molecule has 1 N–H and O–H groups in total. The Bertz CT molecular complexity index is 346. The number of nitrogens with one attached hydrogen (secondary N) is 1. The van der Waals surface area contributed by atoms with Gasteiger partial charge in [-0.15, -0.1) is 0 Å². The minimum Gasteiger partial charge on any atom is -0.466 e. The third kappa shape index (κ3) is 7.78. The van der Waals surface area contributed by atoms with Crippen molar-refractivity contribution in [3.8, 4) is 0 Å². The zero-order valence-corrected chi connectivity index (χ0v) is 9.82. The van der Waals surface area contributed by atoms with E-state index >= 15 is 0 Å². The Balaban J connectivity index is 3.72. The lowest BCUT2D eigenvalue weighted by Crippen LogP contribution is -2.28. The molecule has 0 aromatic carbocycles. The maximum Gasteiger partial charge on any atom is 0.331 e. The molecule has 6 nitrogen and oxygen atoms in total. The standard InChI is InChI=1S/C11H15NO5/c1-8(2)11(15)12-6-7-17-10(14)5-4-9(13)16-3/h4-5H,1,6-7H2,2-3H3,(H,12,15)/b5-4+. The van der Waals surface area contributed by atoms with Crippen LogP contribution in [0.15, 0.2) is 24.3 Å². The Morgan fingerprint density at radius 1 is 1.24 bits per heavy atom. The van der Waals surface area contributed by atoms with E-state index in [4.69, 9.17) is 0 Å². The van der Waals surface area contributed by atoms with Gasteiger partial charge in [-0.1, -0.05) is 6.58 Å². The highest BCUT2D eigenvalue weighted by Crippen LogP contribution is 1.86. The van der Waals surface area contributed by atoms with E-state index < -0.39 is 11.9 Å². The van der Waals surface area contributed by atoms with Crippen molar-refractivity contribution in [2.24, 2.45) is 0 Å². The van der Waals surface area contributed by atoms with Crippen molar-refractivity contribution in [2.75, 3.05) is 20.3 Å². The number of hydrogen-bond acceptors (Lipinski definition) is 5. The first-order valence-corrected chi connectivity index (χ1v) is 4.84. The molecule has 0 saturated carbocycles. The van der Waals surface area contributed by atoms with Crippen molar-refractivity contribution >= 4 is 17.8 Å². The molecule has 0 aliphatic rings. The summed E-state index contributed by atoms with van der Waals surface area (Å²) in [6, 6.07) is 0. The van der Waals surface area contributed by atoms with Gasteiger partial charge in [-0.2, -0.15) is 0 Å². The van der Waals surface area contributed by atoms with Crippen molar-refractivity contribution in [3.05, 3.63) is 24.3 Å². The summed E-state index contributed by atoms with van der Waals surface area (Å²) >= 11 is 0. The Hall–Kier alpha value is -2.11. The Morgan fingerprint density at radius 3 is 2.35 bits per heavy atom. The highest BCUT2D eigenvalue weighted by molar-refractivity contribution is 5.92. The van der Waals surface area contributed by atoms with Crippen molar-refractivity contribution in [1.82, 2.24) is 5.32 Å². The lowest BCUT2D eigenvalue weighted by atomic mass is 10.3. The Labute approximate surface area is 99.3 Å². The van der Waals surface area contributed by atoms with Crippen molar-refractivity contribution in [1.29, 1.82) is 0 Å². The molecule has 94 valence electrons. The lowest BCUT2D eigenvalue weighted by molar-refractivity contribution is -0.139. The fourth-order valence-corrected chi connectivity index (χ4v) is 0.719. The summed E-state index contributed by atoms with van der Waals surface area (Å²) < 4.78 is 8.97. The molecule has 0 rings (SSSR count). The zero-order chi connectivity index (χ0) is 13.3. The number of amides is 1. The molecule has 1 amide bonds. The topological polar surface area (TPSA) is 81.7 Å². The molecule has 0 aromatic rings. The molecule has 0 unspecified atom stereocenters. The molecule has 6 heteroatoms. The van der Waals surface area contributed by atoms with E-state index in [0.717, 1.165) is 12.2 Å². The van der Waals surface area contributed by atoms with Gasteiger partial charge in [-0.3, -0.25) is 4.79 Å². The molecule has 0 fully saturated rings. The van der Waals surface area contributed by atoms with E-state index in [1.165, 1.54) is 7.11 Å². The van der Waals surface area contributed by atoms with E-state index in [0.29, 0.717) is 5.57 Å². The van der Waals surface area contributed by atoms with Gasteiger partial charge in [0, 0.05) is 17.7 Å². The summed E-state index contributed by atoms with van der Waals surface area (Å²) in [5.41, 5.74) is 0.377. The van der Waals surface area contributed by atoms with Crippen LogP contribution in [-0.4, -0.2) is 38.1 Å². The number of rotatable bonds is 6. The third-order valence-corrected chi connectivity index (χ3v) is 1.58. The minimum atomic E-state index is -0.681. The summed E-state index contributed by atoms with van der Waals surface area (Å²) in [7, 11) is 1.20. The molecule has 0 bridgehead atoms. The molecule has 0 aromatic heterocycles. The number of methoxy groups -OCH3 is 1. The predicted octanol–water partition coefficient (Wildman–Crippen LogP) is -0.0489. The van der Waals surface area contributed by atoms with Gasteiger partial charge < -0.3 is 14.8 Å². The number of carbonyl (C=O) groups is 3. The molecule has 0 heterocycles. The van der Waals surface area contributed by atoms with Crippen molar-refractivity contribution in [3.63, 3.8) is 0 Å². The number of carbonyl (C=O) groups excluding carboxylic acids is 3. The third-order valence-electron chi connectivity index (χ3n) is 1.58. The van der Waals surface area contributed by atoms with Crippen LogP contribution in [0.25, 0.3) is 0 Å². The van der Waals surface area contributed by atoms with Crippen LogP contribution in [0.3, 0.4) is 0 Å². The highest BCUT2D eigenvalue weighted by Gasteiger charge is 2.02. The van der Waals surface area contributed by atoms with Gasteiger partial charge in [0.25, 0.3) is 0 Å². The van der Waals surface area contributed by atoms with Crippen LogP contribution < -0.4 is 5.32 Å². The smallest absolute Gasteiger partial charge is 0.331 e. The van der Waals surface area contributed by atoms with Crippen LogP contribution in [-0.2, 0) is 23.9 Å². The van der Waals surface area contributed by atoms with Gasteiger partial charge in [0.1, 0.15) is 6.61 Å². The van der Waals surface area contributed by atoms with Gasteiger partial charge in [0.2, 0.25) is 5.91 Å². The van der Waals surface area contributed by atoms with Crippen LogP contribution >= 0.6 is 0 Å². The molecule has 0 radical (unpaired) electrons. The maximum absolute atomic E-state index is 11.0. The van der Waals surface area contributed by atoms with Crippen LogP contribution in [0, 0.1) is 0 Å². The highest BCUT2D eigenvalue weighted by atomic mass is 16.5. The molecule has 17 heavy (non-hydrogen) atoms. The van der Waals surface area contributed by atoms with Crippen LogP contribution in [0.2, 0.25) is 0 Å². The van der Waals surface area contributed by atoms with Gasteiger partial charge in [0.15, 0.2) is 0 Å². The summed E-state index contributed by atoms with van der Waals surface area (Å²) in [5, 5.41) is 2.48. The normalized spacial score (nSPS) is 9.76. The maximum atomic E-state index is 11.0. The van der Waals surface area contributed by atoms with Gasteiger partial charge in [-0.05, 0) is 6.92 Å². The van der Waals surface area contributed by atoms with E-state index in [1.807, 2.05) is 0 Å². The quantitative estimate of drug-likeness (QED) is 0.400. The number of esters is 2. The van der Waals surface area contributed by atoms with E-state index in [1.54, 1.807) is 6.92 Å². The van der Waals surface area contributed by atoms with Gasteiger partial charge in [-0.25, -0.2) is 9.59 Å². The minimum absolute atomic E-state index is 0.0172. The largest absolute Gasteiger partial charge is 0.466 e. The average Bonchev–Trinajstić information content (AvgIpc) is 2.30.